The molecule has 0 fully saturated rings. The predicted molar refractivity (Wildman–Crippen MR) is 136 cm³/mol. The first-order valence-electron chi connectivity index (χ1n) is 10.8. The predicted octanol–water partition coefficient (Wildman–Crippen LogP) is 4.30. The lowest BCUT2D eigenvalue weighted by molar-refractivity contribution is -0.120. The van der Waals surface area contributed by atoms with Crippen LogP contribution in [0.5, 0.6) is 5.75 Å². The summed E-state index contributed by atoms with van der Waals surface area (Å²) in [4.78, 5) is 31.3. The number of carbonyl (C=O) groups is 2. The lowest BCUT2D eigenvalue weighted by atomic mass is 10.1. The largest absolute Gasteiger partial charge is 0.497 e. The number of benzene rings is 2. The maximum Gasteiger partial charge on any atom is 0.282 e. The van der Waals surface area contributed by atoms with Gasteiger partial charge in [-0.25, -0.2) is 4.99 Å². The first kappa shape index (κ1) is 24.3. The van der Waals surface area contributed by atoms with Crippen molar-refractivity contribution in [1.29, 1.82) is 0 Å². The van der Waals surface area contributed by atoms with E-state index in [0.29, 0.717) is 23.8 Å². The van der Waals surface area contributed by atoms with Crippen LogP contribution in [0, 0.1) is 12.3 Å². The van der Waals surface area contributed by atoms with Crippen LogP contribution in [0.2, 0.25) is 0 Å². The summed E-state index contributed by atoms with van der Waals surface area (Å²) >= 11 is 0. The molecule has 0 aliphatic carbocycles. The Morgan fingerprint density at radius 3 is 2.50 bits per heavy atom. The van der Waals surface area contributed by atoms with Gasteiger partial charge >= 0.3 is 0 Å². The number of amides is 2. The van der Waals surface area contributed by atoms with Crippen molar-refractivity contribution in [3.05, 3.63) is 89.2 Å². The zero-order chi connectivity index (χ0) is 24.5. The fraction of sp³-hybridized carbons (Fsp3) is 0.179. The van der Waals surface area contributed by atoms with Gasteiger partial charge in [0, 0.05) is 6.54 Å². The van der Waals surface area contributed by atoms with Crippen LogP contribution >= 0.6 is 0 Å². The second kappa shape index (κ2) is 11.5. The van der Waals surface area contributed by atoms with Crippen LogP contribution in [0.4, 0.5) is 5.69 Å². The lowest BCUT2D eigenvalue weighted by Gasteiger charge is -2.16. The number of nitrogens with one attached hydrogen (secondary N) is 1. The van der Waals surface area contributed by atoms with Gasteiger partial charge in [-0.1, -0.05) is 42.3 Å². The molecule has 34 heavy (non-hydrogen) atoms. The Hall–Kier alpha value is -4.37. The lowest BCUT2D eigenvalue weighted by Crippen LogP contribution is -2.30. The van der Waals surface area contributed by atoms with Gasteiger partial charge in [0.2, 0.25) is 5.91 Å². The van der Waals surface area contributed by atoms with Crippen LogP contribution in [-0.4, -0.2) is 31.3 Å². The molecule has 0 bridgehead atoms. The molecule has 0 saturated heterocycles. The molecule has 1 aliphatic rings. The molecule has 6 heteroatoms. The minimum absolute atomic E-state index is 0.111. The number of rotatable bonds is 8. The topological polar surface area (TPSA) is 71.0 Å². The normalized spacial score (nSPS) is 14.9. The highest BCUT2D eigenvalue weighted by molar-refractivity contribution is 6.28. The van der Waals surface area contributed by atoms with Gasteiger partial charge in [-0.15, -0.1) is 6.42 Å². The Morgan fingerprint density at radius 2 is 1.88 bits per heavy atom. The fourth-order valence-electron chi connectivity index (χ4n) is 3.48. The van der Waals surface area contributed by atoms with E-state index in [9.17, 15) is 9.59 Å². The number of ether oxygens (including phenoxy) is 1. The van der Waals surface area contributed by atoms with Crippen molar-refractivity contribution in [2.75, 3.05) is 18.6 Å². The van der Waals surface area contributed by atoms with E-state index < -0.39 is 0 Å². The van der Waals surface area contributed by atoms with Crippen LogP contribution in [0.15, 0.2) is 83.0 Å². The Morgan fingerprint density at radius 1 is 1.18 bits per heavy atom. The van der Waals surface area contributed by atoms with E-state index in [2.05, 4.69) is 16.2 Å². The number of carbonyl (C=O) groups excluding carboxylic acids is 2. The molecule has 172 valence electrons. The molecule has 2 amide bonds. The molecule has 0 atom stereocenters. The molecule has 0 radical (unpaired) electrons. The fourth-order valence-corrected chi connectivity index (χ4v) is 3.48. The Bertz CT molecular complexity index is 1210. The maximum absolute atomic E-state index is 13.0. The highest BCUT2D eigenvalue weighted by Crippen LogP contribution is 2.26. The molecule has 2 aromatic rings. The molecule has 0 spiro atoms. The minimum atomic E-state index is -0.199. The van der Waals surface area contributed by atoms with Crippen LogP contribution in [0.3, 0.4) is 0 Å². The van der Waals surface area contributed by atoms with E-state index in [0.717, 1.165) is 22.4 Å². The number of aliphatic imine (C=N–C) groups is 1. The molecule has 1 heterocycles. The summed E-state index contributed by atoms with van der Waals surface area (Å²) in [6.07, 6.45) is 12.7. The molecule has 1 N–H and O–H groups in total. The first-order valence-corrected chi connectivity index (χ1v) is 10.8. The third-order valence-corrected chi connectivity index (χ3v) is 5.15. The van der Waals surface area contributed by atoms with Crippen molar-refractivity contribution in [1.82, 2.24) is 5.32 Å². The maximum atomic E-state index is 13.0. The van der Waals surface area contributed by atoms with Gasteiger partial charge in [0.1, 0.15) is 17.3 Å². The molecule has 0 saturated carbocycles. The Kier molecular flexibility index (Phi) is 8.20. The SMILES string of the molecule is C#C/C=C(\C=C/C)CNC(=O)Cc1ccc(N2C(=O)/C(=C/c3ccc(OC)cc3)N=C2C)cc1. The Balaban J connectivity index is 1.65. The van der Waals surface area contributed by atoms with Crippen molar-refractivity contribution in [3.8, 4) is 18.1 Å². The van der Waals surface area contributed by atoms with Crippen molar-refractivity contribution in [2.24, 2.45) is 4.99 Å². The van der Waals surface area contributed by atoms with Gasteiger partial charge < -0.3 is 10.1 Å². The summed E-state index contributed by atoms with van der Waals surface area (Å²) < 4.78 is 5.17. The second-order valence-electron chi connectivity index (χ2n) is 7.61. The monoisotopic (exact) mass is 453 g/mol. The highest BCUT2D eigenvalue weighted by Gasteiger charge is 2.28. The molecular weight excluding hydrogens is 426 g/mol. The average molecular weight is 454 g/mol. The quantitative estimate of drug-likeness (QED) is 0.368. The summed E-state index contributed by atoms with van der Waals surface area (Å²) in [5.74, 6) is 3.50. The standard InChI is InChI=1S/C28H27N3O3/c1-5-7-23(8-6-2)19-29-27(32)18-22-9-13-24(14-10-22)31-20(3)30-26(28(31)33)17-21-11-15-25(34-4)16-12-21/h1,6-17H,18-19H2,2-4H3,(H,29,32)/b8-6-,23-7+,26-17-. The van der Waals surface area contributed by atoms with Gasteiger partial charge in [0.05, 0.1) is 19.2 Å². The van der Waals surface area contributed by atoms with E-state index in [1.165, 1.54) is 0 Å². The van der Waals surface area contributed by atoms with E-state index in [-0.39, 0.29) is 18.2 Å². The van der Waals surface area contributed by atoms with Crippen LogP contribution < -0.4 is 15.0 Å². The number of hydrogen-bond acceptors (Lipinski definition) is 4. The van der Waals surface area contributed by atoms with Crippen molar-refractivity contribution < 1.29 is 14.3 Å². The molecular formula is C28H27N3O3. The number of terminal acetylenes is 1. The number of nitrogens with zero attached hydrogens (tertiary/aromatic N) is 2. The summed E-state index contributed by atoms with van der Waals surface area (Å²) in [5.41, 5.74) is 3.61. The second-order valence-corrected chi connectivity index (χ2v) is 7.61. The number of methoxy groups -OCH3 is 1. The summed E-state index contributed by atoms with van der Waals surface area (Å²) in [6.45, 7) is 4.05. The number of amidine groups is 1. The van der Waals surface area contributed by atoms with Crippen LogP contribution in [-0.2, 0) is 16.0 Å². The summed E-state index contributed by atoms with van der Waals surface area (Å²) in [6, 6.07) is 14.7. The molecule has 3 rings (SSSR count). The number of hydrogen-bond donors (Lipinski definition) is 1. The van der Waals surface area contributed by atoms with Gasteiger partial charge in [-0.3, -0.25) is 14.5 Å². The van der Waals surface area contributed by atoms with Crippen LogP contribution in [0.1, 0.15) is 25.0 Å². The number of allylic oxidation sites excluding steroid dienone is 2. The van der Waals surface area contributed by atoms with E-state index >= 15 is 0 Å². The van der Waals surface area contributed by atoms with Gasteiger partial charge in [0.25, 0.3) is 5.91 Å². The molecule has 6 nitrogen and oxygen atoms in total. The average Bonchev–Trinajstić information content (AvgIpc) is 3.11. The van der Waals surface area contributed by atoms with E-state index in [1.54, 1.807) is 31.1 Å². The summed E-state index contributed by atoms with van der Waals surface area (Å²) in [5, 5.41) is 2.87. The zero-order valence-electron chi connectivity index (χ0n) is 19.5. The van der Waals surface area contributed by atoms with Gasteiger partial charge in [-0.2, -0.15) is 0 Å². The molecule has 1 aliphatic heterocycles. The molecule has 0 unspecified atom stereocenters. The van der Waals surface area contributed by atoms with E-state index in [4.69, 9.17) is 11.2 Å². The van der Waals surface area contributed by atoms with Gasteiger partial charge in [-0.05, 0) is 67.0 Å². The highest BCUT2D eigenvalue weighted by atomic mass is 16.5. The third-order valence-electron chi connectivity index (χ3n) is 5.15. The molecule has 0 aromatic heterocycles. The van der Waals surface area contributed by atoms with E-state index in [1.807, 2.05) is 67.6 Å². The van der Waals surface area contributed by atoms with Crippen LogP contribution in [0.25, 0.3) is 6.08 Å². The zero-order valence-corrected chi connectivity index (χ0v) is 19.5. The van der Waals surface area contributed by atoms with Gasteiger partial charge in [0.15, 0.2) is 0 Å². The first-order chi connectivity index (χ1) is 16.4. The third kappa shape index (κ3) is 6.11. The Labute approximate surface area is 200 Å². The van der Waals surface area contributed by atoms with Crippen molar-refractivity contribution in [3.63, 3.8) is 0 Å². The number of anilines is 1. The summed E-state index contributed by atoms with van der Waals surface area (Å²) in [7, 11) is 1.61. The smallest absolute Gasteiger partial charge is 0.282 e. The minimum Gasteiger partial charge on any atom is -0.497 e. The van der Waals surface area contributed by atoms with Crippen molar-refractivity contribution >= 4 is 29.4 Å². The molecule has 2 aromatic carbocycles. The van der Waals surface area contributed by atoms with Crippen molar-refractivity contribution in [2.45, 2.75) is 20.3 Å².